The van der Waals surface area contributed by atoms with Crippen molar-refractivity contribution in [2.75, 3.05) is 26.2 Å². The van der Waals surface area contributed by atoms with Gasteiger partial charge in [-0.25, -0.2) is 4.39 Å². The maximum absolute atomic E-state index is 14.9. The van der Waals surface area contributed by atoms with Crippen molar-refractivity contribution >= 4 is 39.2 Å². The van der Waals surface area contributed by atoms with E-state index in [-0.39, 0.29) is 23.9 Å². The summed E-state index contributed by atoms with van der Waals surface area (Å²) >= 11 is 1.47. The summed E-state index contributed by atoms with van der Waals surface area (Å²) in [6.45, 7) is 3.02. The van der Waals surface area contributed by atoms with Gasteiger partial charge in [-0.3, -0.25) is 29.3 Å². The molecule has 3 aromatic heterocycles. The second-order valence-corrected chi connectivity index (χ2v) is 12.2. The van der Waals surface area contributed by atoms with Gasteiger partial charge in [0.1, 0.15) is 18.0 Å². The molecule has 1 saturated carbocycles. The first-order valence-corrected chi connectivity index (χ1v) is 15.2. The number of amides is 1. The summed E-state index contributed by atoms with van der Waals surface area (Å²) in [5.74, 6) is -0.721. The number of carbonyl (C=O) groups is 3. The molecule has 222 valence electrons. The lowest BCUT2D eigenvalue weighted by Gasteiger charge is -2.34. The number of aliphatic carboxylic acids is 1. The molecule has 1 aliphatic heterocycles. The predicted molar refractivity (Wildman–Crippen MR) is 159 cm³/mol. The maximum Gasteiger partial charge on any atom is 0.312 e. The van der Waals surface area contributed by atoms with Crippen LogP contribution in [0.5, 0.6) is 11.5 Å². The van der Waals surface area contributed by atoms with Crippen molar-refractivity contribution in [2.45, 2.75) is 38.6 Å². The normalized spacial score (nSPS) is 15.5. The quantitative estimate of drug-likeness (QED) is 0.230. The number of Topliss-reactive ketones (excluding diaryl/α,β-unsaturated/α-hetero) is 1. The van der Waals surface area contributed by atoms with Gasteiger partial charge in [-0.2, -0.15) is 0 Å². The molecule has 1 aromatic carbocycles. The van der Waals surface area contributed by atoms with Gasteiger partial charge in [0.05, 0.1) is 20.8 Å². The summed E-state index contributed by atoms with van der Waals surface area (Å²) in [5, 5.41) is 8.84. The van der Waals surface area contributed by atoms with Crippen LogP contribution >= 0.6 is 11.3 Å². The molecule has 43 heavy (non-hydrogen) atoms. The van der Waals surface area contributed by atoms with E-state index in [0.717, 1.165) is 39.2 Å². The van der Waals surface area contributed by atoms with Gasteiger partial charge >= 0.3 is 5.97 Å². The SMILES string of the molecule is O=C(O)CC(=O)N1CCN(Cc2ccc(-c3cc4nccc(Oc5ccc(CC(=O)CC6CC6)cc5F)c4s3)nc2)CC1. The van der Waals surface area contributed by atoms with Crippen molar-refractivity contribution < 1.29 is 28.6 Å². The Morgan fingerprint density at radius 2 is 1.77 bits per heavy atom. The Bertz CT molecular complexity index is 1660. The third-order valence-electron chi connectivity index (χ3n) is 7.72. The second-order valence-electron chi connectivity index (χ2n) is 11.1. The summed E-state index contributed by atoms with van der Waals surface area (Å²) in [5.41, 5.74) is 3.19. The number of rotatable bonds is 11. The first kappa shape index (κ1) is 28.9. The molecule has 0 atom stereocenters. The average Bonchev–Trinajstić information content (AvgIpc) is 3.68. The number of carboxylic acids is 1. The summed E-state index contributed by atoms with van der Waals surface area (Å²) in [6, 6.07) is 12.3. The van der Waals surface area contributed by atoms with Crippen LogP contribution in [0.15, 0.2) is 54.9 Å². The van der Waals surface area contributed by atoms with E-state index >= 15 is 0 Å². The number of halogens is 1. The van der Waals surface area contributed by atoms with Gasteiger partial charge in [0.15, 0.2) is 11.6 Å². The van der Waals surface area contributed by atoms with Gasteiger partial charge in [-0.15, -0.1) is 11.3 Å². The predicted octanol–water partition coefficient (Wildman–Crippen LogP) is 5.32. The van der Waals surface area contributed by atoms with Gasteiger partial charge in [0.25, 0.3) is 0 Å². The molecule has 1 aliphatic carbocycles. The van der Waals surface area contributed by atoms with E-state index in [1.807, 2.05) is 24.4 Å². The van der Waals surface area contributed by atoms with Crippen LogP contribution in [0.4, 0.5) is 4.39 Å². The minimum Gasteiger partial charge on any atom is -0.481 e. The first-order valence-electron chi connectivity index (χ1n) is 14.3. The monoisotopic (exact) mass is 602 g/mol. The van der Waals surface area contributed by atoms with Crippen LogP contribution in [-0.2, 0) is 27.3 Å². The second kappa shape index (κ2) is 12.6. The summed E-state index contributed by atoms with van der Waals surface area (Å²) in [6.07, 6.45) is 6.02. The Balaban J connectivity index is 1.09. The molecule has 4 heterocycles. The first-order chi connectivity index (χ1) is 20.8. The van der Waals surface area contributed by atoms with Crippen molar-refractivity contribution in [3.05, 3.63) is 71.8 Å². The number of carboxylic acid groups (broad SMARTS) is 1. The molecule has 0 bridgehead atoms. The molecule has 6 rings (SSSR count). The van der Waals surface area contributed by atoms with Crippen molar-refractivity contribution in [3.8, 4) is 22.1 Å². The standard InChI is InChI=1S/C32H31FN4O5S/c33-24-15-21(14-23(38)13-20-1-2-20)4-6-27(24)42-28-7-8-34-26-16-29(43-32(26)28)25-5-3-22(18-35-25)19-36-9-11-37(12-10-36)30(39)17-31(40)41/h3-8,15-16,18,20H,1-2,9-14,17,19H2,(H,40,41). The van der Waals surface area contributed by atoms with Gasteiger partial charge < -0.3 is 14.7 Å². The lowest BCUT2D eigenvalue weighted by molar-refractivity contribution is -0.145. The molecule has 11 heteroatoms. The van der Waals surface area contributed by atoms with Gasteiger partial charge in [-0.05, 0) is 54.2 Å². The molecule has 2 aliphatic rings. The highest BCUT2D eigenvalue weighted by atomic mass is 32.1. The van der Waals surface area contributed by atoms with Crippen LogP contribution in [0.3, 0.4) is 0 Å². The van der Waals surface area contributed by atoms with Crippen molar-refractivity contribution in [1.29, 1.82) is 0 Å². The Morgan fingerprint density at radius 3 is 2.47 bits per heavy atom. The number of pyridine rings is 2. The molecule has 0 unspecified atom stereocenters. The largest absolute Gasteiger partial charge is 0.481 e. The number of nitrogens with zero attached hydrogens (tertiary/aromatic N) is 4. The van der Waals surface area contributed by atoms with Crippen LogP contribution in [0.1, 0.15) is 36.8 Å². The van der Waals surface area contributed by atoms with Crippen LogP contribution in [0.2, 0.25) is 0 Å². The van der Waals surface area contributed by atoms with E-state index < -0.39 is 18.2 Å². The molecule has 9 nitrogen and oxygen atoms in total. The van der Waals surface area contributed by atoms with Crippen LogP contribution in [0, 0.1) is 11.7 Å². The van der Waals surface area contributed by atoms with E-state index in [2.05, 4.69) is 14.9 Å². The number of benzene rings is 1. The third kappa shape index (κ3) is 7.23. The Morgan fingerprint density at radius 1 is 0.977 bits per heavy atom. The number of hydrogen-bond donors (Lipinski definition) is 1. The Labute approximate surface area is 251 Å². The van der Waals surface area contributed by atoms with Gasteiger partial charge in [-0.1, -0.05) is 12.1 Å². The van der Waals surface area contributed by atoms with Crippen LogP contribution in [0.25, 0.3) is 20.8 Å². The van der Waals surface area contributed by atoms with E-state index in [1.165, 1.54) is 17.4 Å². The molecular formula is C32H31FN4O5S. The van der Waals surface area contributed by atoms with E-state index in [9.17, 15) is 18.8 Å². The number of carbonyl (C=O) groups excluding carboxylic acids is 2. The fraction of sp³-hybridized carbons (Fsp3) is 0.344. The molecule has 4 aromatic rings. The maximum atomic E-state index is 14.9. The van der Waals surface area contributed by atoms with E-state index in [0.29, 0.717) is 56.4 Å². The average molecular weight is 603 g/mol. The fourth-order valence-corrected chi connectivity index (χ4v) is 6.28. The summed E-state index contributed by atoms with van der Waals surface area (Å²) in [7, 11) is 0. The Kier molecular flexibility index (Phi) is 8.44. The van der Waals surface area contributed by atoms with Crippen molar-refractivity contribution in [3.63, 3.8) is 0 Å². The molecule has 1 N–H and O–H groups in total. The zero-order chi connectivity index (χ0) is 29.9. The number of piperazine rings is 1. The highest BCUT2D eigenvalue weighted by molar-refractivity contribution is 7.22. The number of ketones is 1. The van der Waals surface area contributed by atoms with E-state index in [4.69, 9.17) is 9.84 Å². The highest BCUT2D eigenvalue weighted by Gasteiger charge is 2.25. The lowest BCUT2D eigenvalue weighted by atomic mass is 10.0. The number of thiophene rings is 1. The minimum absolute atomic E-state index is 0.0930. The van der Waals surface area contributed by atoms with Crippen LogP contribution in [-0.4, -0.2) is 68.7 Å². The highest BCUT2D eigenvalue weighted by Crippen LogP contribution is 2.39. The van der Waals surface area contributed by atoms with Gasteiger partial charge in [0.2, 0.25) is 5.91 Å². The number of ether oxygens (including phenoxy) is 1. The molecular weight excluding hydrogens is 571 g/mol. The Hall–Kier alpha value is -4.22. The van der Waals surface area contributed by atoms with Crippen LogP contribution < -0.4 is 4.74 Å². The molecule has 1 saturated heterocycles. The molecule has 0 spiro atoms. The fourth-order valence-electron chi connectivity index (χ4n) is 5.24. The lowest BCUT2D eigenvalue weighted by Crippen LogP contribution is -2.48. The summed E-state index contributed by atoms with van der Waals surface area (Å²) in [4.78, 5) is 48.8. The van der Waals surface area contributed by atoms with E-state index in [1.54, 1.807) is 29.3 Å². The molecule has 2 fully saturated rings. The topological polar surface area (TPSA) is 113 Å². The zero-order valence-electron chi connectivity index (χ0n) is 23.5. The third-order valence-corrected chi connectivity index (χ3v) is 8.88. The van der Waals surface area contributed by atoms with Crippen molar-refractivity contribution in [2.24, 2.45) is 5.92 Å². The smallest absolute Gasteiger partial charge is 0.312 e. The van der Waals surface area contributed by atoms with Gasteiger partial charge in [0, 0.05) is 64.0 Å². The number of fused-ring (bicyclic) bond motifs is 1. The summed E-state index contributed by atoms with van der Waals surface area (Å²) < 4.78 is 21.7. The zero-order valence-corrected chi connectivity index (χ0v) is 24.3. The molecule has 1 amide bonds. The number of aromatic nitrogens is 2. The van der Waals surface area contributed by atoms with Crippen molar-refractivity contribution in [1.82, 2.24) is 19.8 Å². The molecule has 0 radical (unpaired) electrons. The number of hydrogen-bond acceptors (Lipinski definition) is 8. The minimum atomic E-state index is -1.11.